The average molecular weight is 398 g/mol. The molecule has 1 heterocycles. The first-order valence-corrected chi connectivity index (χ1v) is 9.62. The van der Waals surface area contributed by atoms with Crippen LogP contribution in [0, 0.1) is 0 Å². The first-order chi connectivity index (χ1) is 13.5. The third kappa shape index (κ3) is 3.47. The van der Waals surface area contributed by atoms with Crippen LogP contribution in [0.15, 0.2) is 58.1 Å². The summed E-state index contributed by atoms with van der Waals surface area (Å²) in [7, 11) is 0. The molecule has 1 aliphatic rings. The van der Waals surface area contributed by atoms with Gasteiger partial charge in [-0.25, -0.2) is 4.79 Å². The second-order valence-corrected chi connectivity index (χ2v) is 7.59. The van der Waals surface area contributed by atoms with Crippen molar-refractivity contribution < 1.29 is 4.79 Å². The Morgan fingerprint density at radius 2 is 1.89 bits per heavy atom. The molecule has 28 heavy (non-hydrogen) atoms. The second kappa shape index (κ2) is 7.28. The van der Waals surface area contributed by atoms with Crippen LogP contribution < -0.4 is 16.6 Å². The van der Waals surface area contributed by atoms with Gasteiger partial charge in [-0.05, 0) is 43.5 Å². The molecule has 4 rings (SSSR count). The Morgan fingerprint density at radius 1 is 1.18 bits per heavy atom. The zero-order valence-electron chi connectivity index (χ0n) is 15.4. The van der Waals surface area contributed by atoms with Crippen LogP contribution >= 0.6 is 11.6 Å². The Morgan fingerprint density at radius 3 is 2.57 bits per heavy atom. The van der Waals surface area contributed by atoms with E-state index in [4.69, 9.17) is 11.6 Å². The van der Waals surface area contributed by atoms with E-state index >= 15 is 0 Å². The number of halogens is 1. The quantitative estimate of drug-likeness (QED) is 0.719. The van der Waals surface area contributed by atoms with E-state index in [9.17, 15) is 14.4 Å². The van der Waals surface area contributed by atoms with Gasteiger partial charge in [0.1, 0.15) is 6.04 Å². The number of carbonyl (C=O) groups excluding carboxylic acids is 1. The van der Waals surface area contributed by atoms with E-state index in [-0.39, 0.29) is 18.5 Å². The van der Waals surface area contributed by atoms with Crippen LogP contribution in [-0.4, -0.2) is 21.1 Å². The van der Waals surface area contributed by atoms with Crippen LogP contribution in [-0.2, 0) is 11.3 Å². The molecule has 1 saturated carbocycles. The van der Waals surface area contributed by atoms with Gasteiger partial charge in [0.05, 0.1) is 17.4 Å². The maximum Gasteiger partial charge on any atom is 0.332 e. The normalized spacial score (nSPS) is 14.8. The molecular formula is C21H20ClN3O3. The van der Waals surface area contributed by atoms with Crippen molar-refractivity contribution in [2.45, 2.75) is 38.4 Å². The van der Waals surface area contributed by atoms with E-state index in [2.05, 4.69) is 5.32 Å². The number of carbonyl (C=O) groups is 1. The van der Waals surface area contributed by atoms with E-state index in [1.54, 1.807) is 25.1 Å². The topological polar surface area (TPSA) is 73.1 Å². The van der Waals surface area contributed by atoms with Gasteiger partial charge >= 0.3 is 5.69 Å². The Hall–Kier alpha value is -2.86. The summed E-state index contributed by atoms with van der Waals surface area (Å²) < 4.78 is 2.54. The number of hydrogen-bond donors (Lipinski definition) is 1. The number of nitrogens with one attached hydrogen (secondary N) is 1. The predicted octanol–water partition coefficient (Wildman–Crippen LogP) is 2.70. The first-order valence-electron chi connectivity index (χ1n) is 9.24. The minimum absolute atomic E-state index is 0.133. The second-order valence-electron chi connectivity index (χ2n) is 7.15. The molecule has 144 valence electrons. The van der Waals surface area contributed by atoms with Crippen molar-refractivity contribution in [1.29, 1.82) is 0 Å². The van der Waals surface area contributed by atoms with Gasteiger partial charge in [0.2, 0.25) is 5.91 Å². The Bertz CT molecular complexity index is 1160. The van der Waals surface area contributed by atoms with Crippen LogP contribution in [0.3, 0.4) is 0 Å². The molecule has 1 amide bonds. The molecule has 1 atom stereocenters. The maximum absolute atomic E-state index is 13.3. The molecule has 1 aromatic heterocycles. The minimum atomic E-state index is -0.767. The summed E-state index contributed by atoms with van der Waals surface area (Å²) in [6.07, 6.45) is 1.90. The molecule has 2 aromatic carbocycles. The van der Waals surface area contributed by atoms with Crippen molar-refractivity contribution in [3.8, 4) is 0 Å². The highest BCUT2D eigenvalue weighted by atomic mass is 35.5. The third-order valence-corrected chi connectivity index (χ3v) is 5.24. The molecule has 3 aromatic rings. The smallest absolute Gasteiger partial charge is 0.332 e. The van der Waals surface area contributed by atoms with Crippen LogP contribution in [0.5, 0.6) is 0 Å². The summed E-state index contributed by atoms with van der Waals surface area (Å²) >= 11 is 6.12. The number of fused-ring (bicyclic) bond motifs is 1. The number of nitrogens with zero attached hydrogens (tertiary/aromatic N) is 2. The predicted molar refractivity (Wildman–Crippen MR) is 109 cm³/mol. The molecule has 0 bridgehead atoms. The fourth-order valence-electron chi connectivity index (χ4n) is 3.30. The summed E-state index contributed by atoms with van der Waals surface area (Å²) in [5.41, 5.74) is 0.274. The standard InChI is InChI=1S/C21H20ClN3O3/c1-13(19(26)23-16-8-9-16)25-18-11-15(22)7-10-17(18)20(27)24(21(25)28)12-14-5-3-2-4-6-14/h2-7,10-11,13,16H,8-9,12H2,1H3,(H,23,26)/t13-/m0/s1. The zero-order valence-corrected chi connectivity index (χ0v) is 16.1. The molecular weight excluding hydrogens is 378 g/mol. The monoisotopic (exact) mass is 397 g/mol. The van der Waals surface area contributed by atoms with Gasteiger partial charge in [-0.1, -0.05) is 41.9 Å². The molecule has 1 fully saturated rings. The van der Waals surface area contributed by atoms with Crippen molar-refractivity contribution in [2.24, 2.45) is 0 Å². The van der Waals surface area contributed by atoms with Crippen LogP contribution in [0.25, 0.3) is 10.9 Å². The molecule has 7 heteroatoms. The van der Waals surface area contributed by atoms with Gasteiger partial charge < -0.3 is 5.32 Å². The highest BCUT2D eigenvalue weighted by Gasteiger charge is 2.28. The number of rotatable bonds is 5. The largest absolute Gasteiger partial charge is 0.352 e. The van der Waals surface area contributed by atoms with Crippen molar-refractivity contribution in [3.05, 3.63) is 80.0 Å². The summed E-state index contributed by atoms with van der Waals surface area (Å²) in [5.74, 6) is -0.240. The van der Waals surface area contributed by atoms with Gasteiger partial charge in [0, 0.05) is 11.1 Å². The lowest BCUT2D eigenvalue weighted by Gasteiger charge is -2.19. The average Bonchev–Trinajstić information content (AvgIpc) is 3.49. The van der Waals surface area contributed by atoms with E-state index < -0.39 is 17.3 Å². The van der Waals surface area contributed by atoms with Gasteiger partial charge in [0.25, 0.3) is 5.56 Å². The Balaban J connectivity index is 1.90. The lowest BCUT2D eigenvalue weighted by atomic mass is 10.2. The number of aromatic nitrogens is 2. The molecule has 0 aliphatic heterocycles. The lowest BCUT2D eigenvalue weighted by molar-refractivity contribution is -0.124. The maximum atomic E-state index is 13.3. The van der Waals surface area contributed by atoms with Crippen LogP contribution in [0.2, 0.25) is 5.02 Å². The summed E-state index contributed by atoms with van der Waals surface area (Å²) in [4.78, 5) is 38.9. The first kappa shape index (κ1) is 18.5. The molecule has 6 nitrogen and oxygen atoms in total. The van der Waals surface area contributed by atoms with Crippen molar-refractivity contribution >= 4 is 28.4 Å². The summed E-state index contributed by atoms with van der Waals surface area (Å²) in [5, 5.41) is 3.67. The minimum Gasteiger partial charge on any atom is -0.352 e. The van der Waals surface area contributed by atoms with E-state index in [0.29, 0.717) is 15.9 Å². The Labute approximate surface area is 166 Å². The van der Waals surface area contributed by atoms with E-state index in [0.717, 1.165) is 18.4 Å². The molecule has 1 aliphatic carbocycles. The van der Waals surface area contributed by atoms with E-state index in [1.807, 2.05) is 30.3 Å². The highest BCUT2D eigenvalue weighted by molar-refractivity contribution is 6.31. The highest BCUT2D eigenvalue weighted by Crippen LogP contribution is 2.22. The lowest BCUT2D eigenvalue weighted by Crippen LogP contribution is -2.44. The summed E-state index contributed by atoms with van der Waals surface area (Å²) in [6, 6.07) is 13.5. The SMILES string of the molecule is C[C@@H](C(=O)NC1CC1)n1c(=O)n(Cc2ccccc2)c(=O)c2ccc(Cl)cc21. The number of amides is 1. The van der Waals surface area contributed by atoms with Gasteiger partial charge in [0.15, 0.2) is 0 Å². The molecule has 0 spiro atoms. The number of benzene rings is 2. The van der Waals surface area contributed by atoms with Crippen molar-refractivity contribution in [2.75, 3.05) is 0 Å². The van der Waals surface area contributed by atoms with Crippen LogP contribution in [0.4, 0.5) is 0 Å². The van der Waals surface area contributed by atoms with E-state index in [1.165, 1.54) is 9.13 Å². The van der Waals surface area contributed by atoms with Crippen molar-refractivity contribution in [1.82, 2.24) is 14.5 Å². The van der Waals surface area contributed by atoms with Gasteiger partial charge in [-0.2, -0.15) is 0 Å². The van der Waals surface area contributed by atoms with Gasteiger partial charge in [-0.3, -0.25) is 18.7 Å². The Kier molecular flexibility index (Phi) is 4.81. The molecule has 0 unspecified atom stereocenters. The third-order valence-electron chi connectivity index (χ3n) is 5.01. The number of hydrogen-bond acceptors (Lipinski definition) is 3. The van der Waals surface area contributed by atoms with Crippen molar-refractivity contribution in [3.63, 3.8) is 0 Å². The van der Waals surface area contributed by atoms with Crippen LogP contribution in [0.1, 0.15) is 31.4 Å². The molecule has 0 radical (unpaired) electrons. The summed E-state index contributed by atoms with van der Waals surface area (Å²) in [6.45, 7) is 1.80. The van der Waals surface area contributed by atoms with Gasteiger partial charge in [-0.15, -0.1) is 0 Å². The molecule has 1 N–H and O–H groups in total. The zero-order chi connectivity index (χ0) is 19.8. The fraction of sp³-hybridized carbons (Fsp3) is 0.286. The molecule has 0 saturated heterocycles. The fourth-order valence-corrected chi connectivity index (χ4v) is 3.46.